The molecule has 0 aromatic heterocycles. The van der Waals surface area contributed by atoms with Crippen LogP contribution in [0, 0.1) is 5.41 Å². The van der Waals surface area contributed by atoms with E-state index in [-0.39, 0.29) is 39.6 Å². The summed E-state index contributed by atoms with van der Waals surface area (Å²) in [6.45, 7) is 7.12. The molecule has 0 atom stereocenters. The van der Waals surface area contributed by atoms with Gasteiger partial charge in [-0.1, -0.05) is 0 Å². The Hall–Kier alpha value is -0.240. The van der Waals surface area contributed by atoms with E-state index < -0.39 is 16.6 Å². The molecule has 6 heteroatoms. The number of hydrogen-bond donors (Lipinski definition) is 4. The molecule has 4 N–H and O–H groups in total. The van der Waals surface area contributed by atoms with Gasteiger partial charge in [-0.2, -0.15) is 0 Å². The van der Waals surface area contributed by atoms with Crippen molar-refractivity contribution in [3.63, 3.8) is 0 Å². The molecule has 0 saturated carbocycles. The van der Waals surface area contributed by atoms with Gasteiger partial charge >= 0.3 is 0 Å². The van der Waals surface area contributed by atoms with Crippen LogP contribution in [0.15, 0.2) is 0 Å². The van der Waals surface area contributed by atoms with Crippen LogP contribution in [-0.2, 0) is 9.47 Å². The molecule has 0 aliphatic heterocycles. The molecule has 0 amide bonds. The van der Waals surface area contributed by atoms with E-state index in [0.717, 1.165) is 0 Å². The van der Waals surface area contributed by atoms with E-state index in [4.69, 9.17) is 19.7 Å². The standard InChI is InChI=1S/C15H32O6/c1-13(2,5-7-16)20-11-15(9-18,10-19)12-21-14(3,4)6-8-17/h16-19H,5-12H2,1-4H3. The van der Waals surface area contributed by atoms with E-state index >= 15 is 0 Å². The minimum atomic E-state index is -0.903. The smallest absolute Gasteiger partial charge is 0.0648 e. The predicted octanol–water partition coefficient (Wildman–Crippen LogP) is 0.313. The Labute approximate surface area is 127 Å². The Morgan fingerprint density at radius 1 is 0.667 bits per heavy atom. The number of aliphatic hydroxyl groups excluding tert-OH is 4. The second kappa shape index (κ2) is 9.02. The molecular weight excluding hydrogens is 276 g/mol. The van der Waals surface area contributed by atoms with E-state index in [0.29, 0.717) is 12.8 Å². The highest BCUT2D eigenvalue weighted by Crippen LogP contribution is 2.25. The fourth-order valence-electron chi connectivity index (χ4n) is 1.65. The topological polar surface area (TPSA) is 99.4 Å². The summed E-state index contributed by atoms with van der Waals surface area (Å²) in [6.07, 6.45) is 0.938. The third kappa shape index (κ3) is 8.09. The molecule has 0 fully saturated rings. The predicted molar refractivity (Wildman–Crippen MR) is 80.1 cm³/mol. The number of hydrogen-bond acceptors (Lipinski definition) is 6. The van der Waals surface area contributed by atoms with Crippen LogP contribution in [0.5, 0.6) is 0 Å². The van der Waals surface area contributed by atoms with Crippen molar-refractivity contribution < 1.29 is 29.9 Å². The second-order valence-electron chi connectivity index (χ2n) is 6.86. The summed E-state index contributed by atoms with van der Waals surface area (Å²) in [5, 5.41) is 37.2. The van der Waals surface area contributed by atoms with Crippen molar-refractivity contribution in [3.05, 3.63) is 0 Å². The maximum atomic E-state index is 9.61. The van der Waals surface area contributed by atoms with Crippen LogP contribution in [0.3, 0.4) is 0 Å². The minimum absolute atomic E-state index is 0.0122. The van der Waals surface area contributed by atoms with Crippen LogP contribution in [0.1, 0.15) is 40.5 Å². The highest BCUT2D eigenvalue weighted by atomic mass is 16.5. The van der Waals surface area contributed by atoms with E-state index in [1.807, 2.05) is 27.7 Å². The maximum Gasteiger partial charge on any atom is 0.0648 e. The van der Waals surface area contributed by atoms with E-state index in [9.17, 15) is 10.2 Å². The van der Waals surface area contributed by atoms with Gasteiger partial charge in [-0.05, 0) is 40.5 Å². The second-order valence-corrected chi connectivity index (χ2v) is 6.86. The lowest BCUT2D eigenvalue weighted by Crippen LogP contribution is -2.45. The van der Waals surface area contributed by atoms with Gasteiger partial charge in [0.1, 0.15) is 0 Å². The molecule has 6 nitrogen and oxygen atoms in total. The van der Waals surface area contributed by atoms with Gasteiger partial charge in [-0.3, -0.25) is 0 Å². The Morgan fingerprint density at radius 3 is 1.24 bits per heavy atom. The third-order valence-corrected chi connectivity index (χ3v) is 3.64. The summed E-state index contributed by atoms with van der Waals surface area (Å²) < 4.78 is 11.5. The monoisotopic (exact) mass is 308 g/mol. The Balaban J connectivity index is 4.62. The lowest BCUT2D eigenvalue weighted by molar-refractivity contribution is -0.148. The van der Waals surface area contributed by atoms with Crippen molar-refractivity contribution in [2.75, 3.05) is 39.6 Å². The van der Waals surface area contributed by atoms with Gasteiger partial charge in [0.05, 0.1) is 43.0 Å². The van der Waals surface area contributed by atoms with E-state index in [1.165, 1.54) is 0 Å². The largest absolute Gasteiger partial charge is 0.396 e. The SMILES string of the molecule is CC(C)(CCO)OCC(CO)(CO)COC(C)(C)CCO. The lowest BCUT2D eigenvalue weighted by atomic mass is 9.91. The molecule has 0 aliphatic carbocycles. The van der Waals surface area contributed by atoms with Crippen molar-refractivity contribution in [3.8, 4) is 0 Å². The highest BCUT2D eigenvalue weighted by Gasteiger charge is 2.34. The first-order valence-electron chi connectivity index (χ1n) is 7.37. The van der Waals surface area contributed by atoms with Crippen LogP contribution in [-0.4, -0.2) is 71.3 Å². The average molecular weight is 308 g/mol. The maximum absolute atomic E-state index is 9.61. The Bertz CT molecular complexity index is 249. The first kappa shape index (κ1) is 20.8. The first-order chi connectivity index (χ1) is 9.66. The molecule has 0 saturated heterocycles. The summed E-state index contributed by atoms with van der Waals surface area (Å²) in [6, 6.07) is 0. The van der Waals surface area contributed by atoms with Crippen LogP contribution < -0.4 is 0 Å². The van der Waals surface area contributed by atoms with Crippen LogP contribution in [0.25, 0.3) is 0 Å². The Kier molecular flexibility index (Phi) is 8.92. The van der Waals surface area contributed by atoms with Gasteiger partial charge in [-0.15, -0.1) is 0 Å². The molecule has 0 aliphatic rings. The summed E-state index contributed by atoms with van der Waals surface area (Å²) in [5.41, 5.74) is -1.98. The molecule has 0 aromatic rings. The molecule has 21 heavy (non-hydrogen) atoms. The fraction of sp³-hybridized carbons (Fsp3) is 1.00. The molecule has 0 aromatic carbocycles. The number of ether oxygens (including phenoxy) is 2. The van der Waals surface area contributed by atoms with Crippen molar-refractivity contribution in [2.45, 2.75) is 51.7 Å². The zero-order valence-electron chi connectivity index (χ0n) is 13.8. The van der Waals surface area contributed by atoms with Gasteiger partial charge in [0.2, 0.25) is 0 Å². The van der Waals surface area contributed by atoms with E-state index in [2.05, 4.69) is 0 Å². The molecular formula is C15H32O6. The summed E-state index contributed by atoms with van der Waals surface area (Å²) in [7, 11) is 0. The van der Waals surface area contributed by atoms with Gasteiger partial charge in [-0.25, -0.2) is 0 Å². The molecule has 0 spiro atoms. The van der Waals surface area contributed by atoms with Crippen LogP contribution >= 0.6 is 0 Å². The summed E-state index contributed by atoms with van der Waals surface area (Å²) in [5.74, 6) is 0. The minimum Gasteiger partial charge on any atom is -0.396 e. The fourth-order valence-corrected chi connectivity index (χ4v) is 1.65. The van der Waals surface area contributed by atoms with Crippen molar-refractivity contribution >= 4 is 0 Å². The van der Waals surface area contributed by atoms with E-state index in [1.54, 1.807) is 0 Å². The zero-order valence-corrected chi connectivity index (χ0v) is 13.8. The normalized spacial score (nSPS) is 13.7. The van der Waals surface area contributed by atoms with Crippen LogP contribution in [0.2, 0.25) is 0 Å². The van der Waals surface area contributed by atoms with Gasteiger partial charge in [0, 0.05) is 13.2 Å². The van der Waals surface area contributed by atoms with Crippen LogP contribution in [0.4, 0.5) is 0 Å². The Morgan fingerprint density at radius 2 is 1.00 bits per heavy atom. The number of aliphatic hydroxyl groups is 4. The van der Waals surface area contributed by atoms with Gasteiger partial charge in [0.25, 0.3) is 0 Å². The molecule has 0 bridgehead atoms. The van der Waals surface area contributed by atoms with Crippen molar-refractivity contribution in [2.24, 2.45) is 5.41 Å². The van der Waals surface area contributed by atoms with Gasteiger partial charge < -0.3 is 29.9 Å². The van der Waals surface area contributed by atoms with Gasteiger partial charge in [0.15, 0.2) is 0 Å². The number of rotatable bonds is 12. The molecule has 128 valence electrons. The quantitative estimate of drug-likeness (QED) is 0.414. The third-order valence-electron chi connectivity index (χ3n) is 3.64. The highest BCUT2D eigenvalue weighted by molar-refractivity contribution is 4.82. The summed E-state index contributed by atoms with van der Waals surface area (Å²) >= 11 is 0. The molecule has 0 rings (SSSR count). The first-order valence-corrected chi connectivity index (χ1v) is 7.37. The average Bonchev–Trinajstić information content (AvgIpc) is 2.40. The summed E-state index contributed by atoms with van der Waals surface area (Å²) in [4.78, 5) is 0. The molecule has 0 unspecified atom stereocenters. The molecule has 0 heterocycles. The zero-order chi connectivity index (χ0) is 16.6. The van der Waals surface area contributed by atoms with Crippen molar-refractivity contribution in [1.82, 2.24) is 0 Å². The lowest BCUT2D eigenvalue weighted by Gasteiger charge is -2.36. The van der Waals surface area contributed by atoms with Crippen molar-refractivity contribution in [1.29, 1.82) is 0 Å². The molecule has 0 radical (unpaired) electrons.